The summed E-state index contributed by atoms with van der Waals surface area (Å²) >= 11 is 0. The van der Waals surface area contributed by atoms with Crippen LogP contribution in [0.15, 0.2) is 0 Å². The molecule has 0 aromatic heterocycles. The van der Waals surface area contributed by atoms with Crippen molar-refractivity contribution in [2.75, 3.05) is 6.61 Å². The molecule has 2 nitrogen and oxygen atoms in total. The van der Waals surface area contributed by atoms with Gasteiger partial charge in [0.1, 0.15) is 0 Å². The molecule has 0 amide bonds. The van der Waals surface area contributed by atoms with Gasteiger partial charge in [-0.1, -0.05) is 40.5 Å². The minimum atomic E-state index is -0.131. The Balaban J connectivity index is 1.84. The summed E-state index contributed by atoms with van der Waals surface area (Å²) in [7, 11) is 0. The summed E-state index contributed by atoms with van der Waals surface area (Å²) in [5.74, 6) is 1.07. The predicted octanol–water partition coefficient (Wildman–Crippen LogP) is 4.55. The molecule has 0 aromatic rings. The standard InChI is InChI=1S/C18H34O2/c1-14(12-17(2,3)4)11-16(19)15-7-10-20-18(13-15)8-5-6-9-18/h14-16,19H,5-13H2,1-4H3. The van der Waals surface area contributed by atoms with Crippen molar-refractivity contribution in [1.29, 1.82) is 0 Å². The average molecular weight is 282 g/mol. The van der Waals surface area contributed by atoms with Crippen molar-refractivity contribution in [2.45, 2.75) is 90.8 Å². The van der Waals surface area contributed by atoms with Crippen LogP contribution in [0, 0.1) is 17.3 Å². The molecule has 1 heterocycles. The van der Waals surface area contributed by atoms with Crippen LogP contribution < -0.4 is 0 Å². The van der Waals surface area contributed by atoms with Crippen molar-refractivity contribution < 1.29 is 9.84 Å². The summed E-state index contributed by atoms with van der Waals surface area (Å²) in [5, 5.41) is 10.6. The van der Waals surface area contributed by atoms with E-state index in [0.717, 1.165) is 25.9 Å². The van der Waals surface area contributed by atoms with Gasteiger partial charge in [-0.15, -0.1) is 0 Å². The van der Waals surface area contributed by atoms with E-state index >= 15 is 0 Å². The molecule has 1 aliphatic heterocycles. The van der Waals surface area contributed by atoms with E-state index in [2.05, 4.69) is 27.7 Å². The second kappa shape index (κ2) is 6.36. The average Bonchev–Trinajstić information content (AvgIpc) is 2.74. The molecule has 20 heavy (non-hydrogen) atoms. The number of hydrogen-bond acceptors (Lipinski definition) is 2. The molecule has 3 atom stereocenters. The van der Waals surface area contributed by atoms with Crippen LogP contribution in [0.2, 0.25) is 0 Å². The molecular weight excluding hydrogens is 248 g/mol. The zero-order chi connectivity index (χ0) is 14.8. The first-order valence-corrected chi connectivity index (χ1v) is 8.62. The van der Waals surface area contributed by atoms with Crippen LogP contribution in [0.1, 0.15) is 79.1 Å². The van der Waals surface area contributed by atoms with E-state index in [1.54, 1.807) is 0 Å². The number of aliphatic hydroxyl groups is 1. The lowest BCUT2D eigenvalue weighted by Crippen LogP contribution is -2.41. The molecule has 1 N–H and O–H groups in total. The number of hydrogen-bond donors (Lipinski definition) is 1. The molecule has 0 bridgehead atoms. The smallest absolute Gasteiger partial charge is 0.0686 e. The van der Waals surface area contributed by atoms with Gasteiger partial charge in [0.05, 0.1) is 11.7 Å². The van der Waals surface area contributed by atoms with Crippen molar-refractivity contribution in [3.8, 4) is 0 Å². The largest absolute Gasteiger partial charge is 0.393 e. The van der Waals surface area contributed by atoms with Crippen molar-refractivity contribution >= 4 is 0 Å². The summed E-state index contributed by atoms with van der Waals surface area (Å²) in [6.45, 7) is 10.0. The SMILES string of the molecule is CC(CC(O)C1CCOC2(CCCC2)C1)CC(C)(C)C. The van der Waals surface area contributed by atoms with Gasteiger partial charge in [0.2, 0.25) is 0 Å². The van der Waals surface area contributed by atoms with E-state index in [-0.39, 0.29) is 11.7 Å². The van der Waals surface area contributed by atoms with Crippen LogP contribution in [0.25, 0.3) is 0 Å². The Morgan fingerprint density at radius 2 is 1.90 bits per heavy atom. The van der Waals surface area contributed by atoms with E-state index in [1.165, 1.54) is 32.1 Å². The van der Waals surface area contributed by atoms with Gasteiger partial charge >= 0.3 is 0 Å². The highest BCUT2D eigenvalue weighted by atomic mass is 16.5. The van der Waals surface area contributed by atoms with E-state index in [1.807, 2.05) is 0 Å². The minimum Gasteiger partial charge on any atom is -0.393 e. The summed E-state index contributed by atoms with van der Waals surface area (Å²) in [6.07, 6.45) is 9.21. The van der Waals surface area contributed by atoms with Crippen molar-refractivity contribution in [2.24, 2.45) is 17.3 Å². The van der Waals surface area contributed by atoms with E-state index in [9.17, 15) is 5.11 Å². The Kier molecular flexibility index (Phi) is 5.18. The lowest BCUT2D eigenvalue weighted by molar-refractivity contribution is -0.115. The molecule has 1 spiro atoms. The van der Waals surface area contributed by atoms with Crippen LogP contribution in [-0.2, 0) is 4.74 Å². The fraction of sp³-hybridized carbons (Fsp3) is 1.00. The molecule has 2 heteroatoms. The van der Waals surface area contributed by atoms with E-state index in [0.29, 0.717) is 17.3 Å². The Hall–Kier alpha value is -0.0800. The molecule has 118 valence electrons. The Labute approximate surface area is 125 Å². The van der Waals surface area contributed by atoms with Crippen LogP contribution in [-0.4, -0.2) is 23.4 Å². The lowest BCUT2D eigenvalue weighted by Gasteiger charge is -2.40. The zero-order valence-electron chi connectivity index (χ0n) is 14.0. The van der Waals surface area contributed by atoms with Crippen LogP contribution >= 0.6 is 0 Å². The van der Waals surface area contributed by atoms with Crippen LogP contribution in [0.4, 0.5) is 0 Å². The lowest BCUT2D eigenvalue weighted by atomic mass is 9.77. The second-order valence-electron chi connectivity index (χ2n) is 8.66. The minimum absolute atomic E-state index is 0.131. The van der Waals surface area contributed by atoms with Gasteiger partial charge in [-0.05, 0) is 55.8 Å². The highest BCUT2D eigenvalue weighted by Crippen LogP contribution is 2.43. The first kappa shape index (κ1) is 16.3. The van der Waals surface area contributed by atoms with Gasteiger partial charge in [-0.25, -0.2) is 0 Å². The topological polar surface area (TPSA) is 29.5 Å². The fourth-order valence-corrected chi connectivity index (χ4v) is 4.50. The maximum absolute atomic E-state index is 10.6. The molecule has 2 rings (SSSR count). The quantitative estimate of drug-likeness (QED) is 0.819. The molecule has 1 saturated carbocycles. The van der Waals surface area contributed by atoms with Gasteiger partial charge in [0.25, 0.3) is 0 Å². The Morgan fingerprint density at radius 3 is 2.50 bits per heavy atom. The zero-order valence-corrected chi connectivity index (χ0v) is 14.0. The molecule has 3 unspecified atom stereocenters. The van der Waals surface area contributed by atoms with Crippen molar-refractivity contribution in [3.05, 3.63) is 0 Å². The molecule has 0 aromatic carbocycles. The highest BCUT2D eigenvalue weighted by molar-refractivity contribution is 4.93. The Bertz CT molecular complexity index is 299. The summed E-state index contributed by atoms with van der Waals surface area (Å²) < 4.78 is 6.08. The van der Waals surface area contributed by atoms with Gasteiger partial charge in [0, 0.05) is 6.61 Å². The van der Waals surface area contributed by atoms with Gasteiger partial charge in [-0.3, -0.25) is 0 Å². The monoisotopic (exact) mass is 282 g/mol. The molecule has 0 radical (unpaired) electrons. The first-order valence-electron chi connectivity index (χ1n) is 8.62. The van der Waals surface area contributed by atoms with Gasteiger partial charge in [-0.2, -0.15) is 0 Å². The molecule has 1 saturated heterocycles. The maximum Gasteiger partial charge on any atom is 0.0686 e. The number of aliphatic hydroxyl groups excluding tert-OH is 1. The predicted molar refractivity (Wildman–Crippen MR) is 83.7 cm³/mol. The molecule has 1 aliphatic carbocycles. The molecule has 2 fully saturated rings. The summed E-state index contributed by atoms with van der Waals surface area (Å²) in [4.78, 5) is 0. The second-order valence-corrected chi connectivity index (χ2v) is 8.66. The Morgan fingerprint density at radius 1 is 1.25 bits per heavy atom. The third kappa shape index (κ3) is 4.46. The molecular formula is C18H34O2. The fourth-order valence-electron chi connectivity index (χ4n) is 4.50. The third-order valence-electron chi connectivity index (χ3n) is 5.19. The van der Waals surface area contributed by atoms with E-state index < -0.39 is 0 Å². The van der Waals surface area contributed by atoms with Gasteiger partial charge in [0.15, 0.2) is 0 Å². The third-order valence-corrected chi connectivity index (χ3v) is 5.19. The normalized spacial score (nSPS) is 29.6. The summed E-state index contributed by atoms with van der Waals surface area (Å²) in [5.41, 5.74) is 0.499. The summed E-state index contributed by atoms with van der Waals surface area (Å²) in [6, 6.07) is 0. The molecule has 2 aliphatic rings. The van der Waals surface area contributed by atoms with Crippen molar-refractivity contribution in [1.82, 2.24) is 0 Å². The number of rotatable bonds is 4. The maximum atomic E-state index is 10.6. The number of ether oxygens (including phenoxy) is 1. The van der Waals surface area contributed by atoms with Gasteiger partial charge < -0.3 is 9.84 Å². The van der Waals surface area contributed by atoms with E-state index in [4.69, 9.17) is 4.74 Å². The van der Waals surface area contributed by atoms with Crippen LogP contribution in [0.5, 0.6) is 0 Å². The highest BCUT2D eigenvalue weighted by Gasteiger charge is 2.41. The van der Waals surface area contributed by atoms with Crippen molar-refractivity contribution in [3.63, 3.8) is 0 Å². The van der Waals surface area contributed by atoms with Crippen LogP contribution in [0.3, 0.4) is 0 Å². The first-order chi connectivity index (χ1) is 9.30.